The van der Waals surface area contributed by atoms with Gasteiger partial charge in [-0.1, -0.05) is 62.4 Å². The minimum absolute atomic E-state index is 0.0459. The molecule has 3 aromatic carbocycles. The second-order valence-corrected chi connectivity index (χ2v) is 14.6. The van der Waals surface area contributed by atoms with Crippen molar-refractivity contribution in [1.29, 1.82) is 0 Å². The van der Waals surface area contributed by atoms with Gasteiger partial charge in [-0.2, -0.15) is 0 Å². The van der Waals surface area contributed by atoms with E-state index in [1.165, 1.54) is 30.2 Å². The lowest BCUT2D eigenvalue weighted by Crippen LogP contribution is -2.49. The molecule has 6 aliphatic rings. The smallest absolute Gasteiger partial charge is 0.318 e. The molecule has 3 heterocycles. The van der Waals surface area contributed by atoms with Gasteiger partial charge in [-0.15, -0.1) is 0 Å². The zero-order valence-corrected chi connectivity index (χ0v) is 26.1. The van der Waals surface area contributed by atoms with Crippen molar-refractivity contribution < 1.29 is 46.3 Å². The highest BCUT2D eigenvalue weighted by Gasteiger charge is 2.72. The number of rotatable bonds is 6. The summed E-state index contributed by atoms with van der Waals surface area (Å²) in [5.41, 5.74) is 5.11. The molecular formula is C35H31O10S-. The highest BCUT2D eigenvalue weighted by atomic mass is 32.2. The Morgan fingerprint density at radius 2 is 1.54 bits per heavy atom. The highest BCUT2D eigenvalue weighted by molar-refractivity contribution is 7.85. The average Bonchev–Trinajstić information content (AvgIpc) is 3.65. The van der Waals surface area contributed by atoms with Crippen molar-refractivity contribution in [2.45, 2.75) is 74.3 Å². The molecule has 11 heteroatoms. The van der Waals surface area contributed by atoms with Gasteiger partial charge in [-0.3, -0.25) is 14.4 Å². The second-order valence-electron chi connectivity index (χ2n) is 13.2. The Kier molecular flexibility index (Phi) is 6.52. The SMILES string of the molecule is Cc1cc(S(=O)(=O)[O-])c(C(C)C)cc1OC(=O)C1C2OC3C(OC(=O)C31)C2OC(=O)C1CC2c3ccccc3C1c1ccccc12. The van der Waals surface area contributed by atoms with Gasteiger partial charge in [0.15, 0.2) is 12.2 Å². The zero-order chi connectivity index (χ0) is 32.2. The molecule has 0 N–H and O–H groups in total. The van der Waals surface area contributed by atoms with Crippen molar-refractivity contribution in [3.05, 3.63) is 94.0 Å². The standard InChI is InChI=1S/C35H32O10S/c1-15(2)21-14-24(16(3)12-25(21)46(39,40)41)42-34(37)27-28-30-32(45-35(28)38)31(29(27)43-30)44-33(36)23-13-22-17-8-4-6-10-19(17)26(23)20-11-7-5-9-18(20)22/h4-12,14-15,22-23,26-32H,13H2,1-3H3,(H,39,40,41)/p-1. The van der Waals surface area contributed by atoms with Crippen LogP contribution in [0, 0.1) is 24.7 Å². The van der Waals surface area contributed by atoms with Crippen LogP contribution in [0.5, 0.6) is 5.75 Å². The predicted octanol–water partition coefficient (Wildman–Crippen LogP) is 4.08. The molecule has 3 aromatic rings. The number of carbonyl (C=O) groups is 3. The van der Waals surface area contributed by atoms with Crippen LogP contribution >= 0.6 is 0 Å². The van der Waals surface area contributed by atoms with Gasteiger partial charge < -0.3 is 23.5 Å². The summed E-state index contributed by atoms with van der Waals surface area (Å²) in [5, 5.41) is 0. The number of carbonyl (C=O) groups excluding carboxylic acids is 3. The van der Waals surface area contributed by atoms with Crippen LogP contribution in [0.25, 0.3) is 0 Å². The molecule has 4 bridgehead atoms. The molecule has 0 amide bonds. The maximum absolute atomic E-state index is 14.0. The first-order valence-electron chi connectivity index (χ1n) is 15.5. The van der Waals surface area contributed by atoms with Crippen LogP contribution in [0.15, 0.2) is 65.6 Å². The molecule has 3 saturated heterocycles. The van der Waals surface area contributed by atoms with Crippen molar-refractivity contribution in [2.24, 2.45) is 17.8 Å². The molecule has 0 aromatic heterocycles. The van der Waals surface area contributed by atoms with E-state index < -0.39 is 70.2 Å². The van der Waals surface area contributed by atoms with Crippen molar-refractivity contribution in [3.8, 4) is 5.75 Å². The summed E-state index contributed by atoms with van der Waals surface area (Å²) in [6.07, 6.45) is -2.98. The Hall–Kier alpha value is -4.06. The molecule has 46 heavy (non-hydrogen) atoms. The number of ether oxygens (including phenoxy) is 4. The van der Waals surface area contributed by atoms with Gasteiger partial charge in [0.25, 0.3) is 0 Å². The second kappa shape index (κ2) is 10.2. The molecule has 7 atom stereocenters. The van der Waals surface area contributed by atoms with E-state index in [4.69, 9.17) is 18.9 Å². The Bertz CT molecular complexity index is 1890. The summed E-state index contributed by atoms with van der Waals surface area (Å²) in [7, 11) is -4.77. The fourth-order valence-corrected chi connectivity index (χ4v) is 9.36. The molecule has 0 spiro atoms. The number of aryl methyl sites for hydroxylation is 1. The largest absolute Gasteiger partial charge is 0.744 e. The first-order valence-corrected chi connectivity index (χ1v) is 16.9. The third kappa shape index (κ3) is 4.21. The van der Waals surface area contributed by atoms with Gasteiger partial charge in [0.1, 0.15) is 39.9 Å². The lowest BCUT2D eigenvalue weighted by Gasteiger charge is -2.44. The Morgan fingerprint density at radius 3 is 2.15 bits per heavy atom. The summed E-state index contributed by atoms with van der Waals surface area (Å²) in [6.45, 7) is 4.96. The Labute approximate surface area is 265 Å². The van der Waals surface area contributed by atoms with Crippen LogP contribution in [0.1, 0.15) is 71.4 Å². The lowest BCUT2D eigenvalue weighted by atomic mass is 9.59. The number of fused-ring (bicyclic) bond motifs is 2. The monoisotopic (exact) mass is 643 g/mol. The van der Waals surface area contributed by atoms with E-state index in [2.05, 4.69) is 24.3 Å². The van der Waals surface area contributed by atoms with E-state index in [1.807, 2.05) is 24.3 Å². The van der Waals surface area contributed by atoms with Gasteiger partial charge in [0, 0.05) is 11.8 Å². The van der Waals surface area contributed by atoms with Crippen molar-refractivity contribution in [2.75, 3.05) is 0 Å². The number of hydrogen-bond acceptors (Lipinski definition) is 10. The summed E-state index contributed by atoms with van der Waals surface area (Å²) < 4.78 is 59.3. The topological polar surface area (TPSA) is 145 Å². The Morgan fingerprint density at radius 1 is 0.913 bits per heavy atom. The van der Waals surface area contributed by atoms with E-state index in [-0.39, 0.29) is 39.5 Å². The normalized spacial score (nSPS) is 31.4. The lowest BCUT2D eigenvalue weighted by molar-refractivity contribution is -0.167. The first-order chi connectivity index (χ1) is 21.9. The highest BCUT2D eigenvalue weighted by Crippen LogP contribution is 2.57. The minimum Gasteiger partial charge on any atom is -0.744 e. The van der Waals surface area contributed by atoms with Crippen LogP contribution in [0.3, 0.4) is 0 Å². The number of esters is 3. The van der Waals surface area contributed by atoms with Crippen LogP contribution in [-0.4, -0.2) is 55.3 Å². The summed E-state index contributed by atoms with van der Waals surface area (Å²) in [5.74, 6) is -4.78. The fraction of sp³-hybridized carbons (Fsp3) is 0.400. The summed E-state index contributed by atoms with van der Waals surface area (Å²) in [4.78, 5) is 40.4. The third-order valence-electron chi connectivity index (χ3n) is 10.4. The quantitative estimate of drug-likeness (QED) is 0.219. The molecule has 0 saturated carbocycles. The first kappa shape index (κ1) is 29.3. The van der Waals surface area contributed by atoms with Crippen molar-refractivity contribution in [3.63, 3.8) is 0 Å². The summed E-state index contributed by atoms with van der Waals surface area (Å²) in [6, 6.07) is 18.9. The summed E-state index contributed by atoms with van der Waals surface area (Å²) >= 11 is 0. The average molecular weight is 644 g/mol. The van der Waals surface area contributed by atoms with Crippen LogP contribution in [0.4, 0.5) is 0 Å². The van der Waals surface area contributed by atoms with Gasteiger partial charge in [-0.25, -0.2) is 8.42 Å². The molecule has 7 unspecified atom stereocenters. The Balaban J connectivity index is 1.07. The van der Waals surface area contributed by atoms with Crippen molar-refractivity contribution >= 4 is 28.0 Å². The van der Waals surface area contributed by atoms with E-state index in [1.54, 1.807) is 13.8 Å². The molecule has 9 rings (SSSR count). The van der Waals surface area contributed by atoms with Crippen LogP contribution < -0.4 is 4.74 Å². The molecular weight excluding hydrogens is 612 g/mol. The van der Waals surface area contributed by atoms with Crippen LogP contribution in [0.2, 0.25) is 0 Å². The minimum atomic E-state index is -4.77. The van der Waals surface area contributed by atoms with E-state index in [0.717, 1.165) is 11.1 Å². The number of hydrogen-bond donors (Lipinski definition) is 0. The predicted molar refractivity (Wildman–Crippen MR) is 159 cm³/mol. The fourth-order valence-electron chi connectivity index (χ4n) is 8.46. The molecule has 10 nitrogen and oxygen atoms in total. The molecule has 238 valence electrons. The molecule has 0 radical (unpaired) electrons. The van der Waals surface area contributed by atoms with Crippen molar-refractivity contribution in [1.82, 2.24) is 0 Å². The van der Waals surface area contributed by atoms with E-state index in [0.29, 0.717) is 6.42 Å². The third-order valence-corrected chi connectivity index (χ3v) is 11.3. The maximum atomic E-state index is 14.0. The van der Waals surface area contributed by atoms with Gasteiger partial charge in [0.2, 0.25) is 0 Å². The van der Waals surface area contributed by atoms with E-state index in [9.17, 15) is 27.4 Å². The molecule has 3 aliphatic heterocycles. The van der Waals surface area contributed by atoms with Gasteiger partial charge in [0.05, 0.1) is 10.8 Å². The molecule has 3 fully saturated rings. The van der Waals surface area contributed by atoms with Gasteiger partial charge in [-0.05, 0) is 64.8 Å². The maximum Gasteiger partial charge on any atom is 0.318 e. The van der Waals surface area contributed by atoms with Crippen LogP contribution in [-0.2, 0) is 38.7 Å². The zero-order valence-electron chi connectivity index (χ0n) is 25.2. The van der Waals surface area contributed by atoms with Gasteiger partial charge >= 0.3 is 17.9 Å². The molecule has 3 aliphatic carbocycles. The van der Waals surface area contributed by atoms with E-state index >= 15 is 0 Å². The number of benzene rings is 3.